The Balaban J connectivity index is 1.63. The van der Waals surface area contributed by atoms with Gasteiger partial charge in [0.15, 0.2) is 0 Å². The molecular formula is C23H17F3N2O3S. The summed E-state index contributed by atoms with van der Waals surface area (Å²) in [7, 11) is -3.88. The van der Waals surface area contributed by atoms with Gasteiger partial charge in [-0.05, 0) is 58.8 Å². The predicted octanol–water partition coefficient (Wildman–Crippen LogP) is 5.83. The van der Waals surface area contributed by atoms with E-state index in [0.29, 0.717) is 5.39 Å². The molecule has 0 saturated heterocycles. The third-order valence-corrected chi connectivity index (χ3v) is 5.94. The van der Waals surface area contributed by atoms with E-state index in [0.717, 1.165) is 33.3 Å². The number of nitrogens with one attached hydrogen (secondary N) is 1. The molecule has 0 bridgehead atoms. The summed E-state index contributed by atoms with van der Waals surface area (Å²) >= 11 is 0. The molecule has 32 heavy (non-hydrogen) atoms. The van der Waals surface area contributed by atoms with E-state index in [2.05, 4.69) is 4.98 Å². The van der Waals surface area contributed by atoms with Gasteiger partial charge in [-0.1, -0.05) is 36.4 Å². The molecule has 0 spiro atoms. The van der Waals surface area contributed by atoms with Crippen LogP contribution >= 0.6 is 0 Å². The summed E-state index contributed by atoms with van der Waals surface area (Å²) in [6.07, 6.45) is 3.68. The van der Waals surface area contributed by atoms with Crippen LogP contribution in [0.15, 0.2) is 66.7 Å². The Morgan fingerprint density at radius 3 is 2.50 bits per heavy atom. The van der Waals surface area contributed by atoms with Crippen molar-refractivity contribution in [2.75, 3.05) is 11.8 Å². The minimum atomic E-state index is -5.48. The minimum absolute atomic E-state index is 0.164. The first kappa shape index (κ1) is 21.6. The zero-order valence-electron chi connectivity index (χ0n) is 16.7. The van der Waals surface area contributed by atoms with Gasteiger partial charge in [-0.15, -0.1) is 0 Å². The van der Waals surface area contributed by atoms with Crippen LogP contribution in [0.1, 0.15) is 11.3 Å². The van der Waals surface area contributed by atoms with Gasteiger partial charge in [0.25, 0.3) is 0 Å². The molecule has 0 unspecified atom stereocenters. The molecule has 0 aliphatic carbocycles. The summed E-state index contributed by atoms with van der Waals surface area (Å²) in [6.45, 7) is 0. The molecule has 0 amide bonds. The number of nitrogens with zero attached hydrogens (tertiary/aromatic N) is 1. The fourth-order valence-corrected chi connectivity index (χ4v) is 3.80. The highest BCUT2D eigenvalue weighted by Crippen LogP contribution is 2.29. The number of benzene rings is 3. The van der Waals surface area contributed by atoms with Crippen LogP contribution in [-0.4, -0.2) is 26.0 Å². The van der Waals surface area contributed by atoms with Crippen molar-refractivity contribution in [2.45, 2.75) is 5.51 Å². The number of alkyl halides is 3. The molecule has 4 aromatic rings. The number of methoxy groups -OCH3 is 1. The quantitative estimate of drug-likeness (QED) is 0.409. The molecule has 164 valence electrons. The van der Waals surface area contributed by atoms with Crippen LogP contribution in [0.5, 0.6) is 5.75 Å². The highest BCUT2D eigenvalue weighted by molar-refractivity contribution is 7.93. The fraction of sp³-hybridized carbons (Fsp3) is 0.0870. The molecule has 4 rings (SSSR count). The number of pyridine rings is 1. The maximum absolute atomic E-state index is 12.6. The van der Waals surface area contributed by atoms with Crippen molar-refractivity contribution in [3.63, 3.8) is 0 Å². The van der Waals surface area contributed by atoms with E-state index in [1.807, 2.05) is 48.6 Å². The van der Waals surface area contributed by atoms with E-state index in [9.17, 15) is 21.6 Å². The summed E-state index contributed by atoms with van der Waals surface area (Å²) in [6, 6.07) is 18.9. The van der Waals surface area contributed by atoms with Crippen LogP contribution in [0.3, 0.4) is 0 Å². The third-order valence-electron chi connectivity index (χ3n) is 4.82. The van der Waals surface area contributed by atoms with Gasteiger partial charge in [0, 0.05) is 11.1 Å². The Morgan fingerprint density at radius 2 is 1.75 bits per heavy atom. The van der Waals surface area contributed by atoms with E-state index in [-0.39, 0.29) is 5.69 Å². The van der Waals surface area contributed by atoms with Gasteiger partial charge in [-0.3, -0.25) is 4.72 Å². The molecule has 3 aromatic carbocycles. The molecule has 0 fully saturated rings. The zero-order valence-corrected chi connectivity index (χ0v) is 17.5. The Labute approximate surface area is 182 Å². The second-order valence-corrected chi connectivity index (χ2v) is 8.64. The average Bonchev–Trinajstić information content (AvgIpc) is 2.76. The van der Waals surface area contributed by atoms with Crippen molar-refractivity contribution < 1.29 is 26.3 Å². The highest BCUT2D eigenvalue weighted by atomic mass is 32.2. The molecule has 1 N–H and O–H groups in total. The van der Waals surface area contributed by atoms with E-state index < -0.39 is 15.5 Å². The molecule has 9 heteroatoms. The Kier molecular flexibility index (Phi) is 5.52. The van der Waals surface area contributed by atoms with E-state index in [4.69, 9.17) is 4.74 Å². The van der Waals surface area contributed by atoms with Crippen LogP contribution in [0.2, 0.25) is 0 Å². The van der Waals surface area contributed by atoms with Crippen molar-refractivity contribution in [2.24, 2.45) is 0 Å². The first-order chi connectivity index (χ1) is 15.2. The molecule has 0 aliphatic rings. The monoisotopic (exact) mass is 458 g/mol. The number of fused-ring (bicyclic) bond motifs is 2. The van der Waals surface area contributed by atoms with Gasteiger partial charge in [0.2, 0.25) is 0 Å². The topological polar surface area (TPSA) is 68.3 Å². The number of sulfonamides is 1. The SMILES string of the molecule is COc1ccc2nc(/C=C/c3cccc4cc(NS(=O)(=O)C(F)(F)F)ccc34)ccc2c1. The minimum Gasteiger partial charge on any atom is -0.497 e. The largest absolute Gasteiger partial charge is 0.516 e. The van der Waals surface area contributed by atoms with Gasteiger partial charge in [0.05, 0.1) is 18.3 Å². The van der Waals surface area contributed by atoms with Crippen LogP contribution in [-0.2, 0) is 10.0 Å². The maximum atomic E-state index is 12.6. The highest BCUT2D eigenvalue weighted by Gasteiger charge is 2.46. The van der Waals surface area contributed by atoms with Gasteiger partial charge in [-0.2, -0.15) is 21.6 Å². The lowest BCUT2D eigenvalue weighted by molar-refractivity contribution is -0.0429. The Bertz CT molecular complexity index is 1450. The fourth-order valence-electron chi connectivity index (χ4n) is 3.24. The van der Waals surface area contributed by atoms with Crippen LogP contribution in [0.25, 0.3) is 33.8 Å². The predicted molar refractivity (Wildman–Crippen MR) is 120 cm³/mol. The summed E-state index contributed by atoms with van der Waals surface area (Å²) in [5, 5.41) is 2.29. The summed E-state index contributed by atoms with van der Waals surface area (Å²) < 4.78 is 67.3. The van der Waals surface area contributed by atoms with E-state index in [1.165, 1.54) is 12.1 Å². The molecule has 5 nitrogen and oxygen atoms in total. The lowest BCUT2D eigenvalue weighted by Gasteiger charge is -2.11. The molecular weight excluding hydrogens is 441 g/mol. The number of anilines is 1. The van der Waals surface area contributed by atoms with Gasteiger partial charge >= 0.3 is 15.5 Å². The van der Waals surface area contributed by atoms with Gasteiger partial charge in [-0.25, -0.2) is 4.98 Å². The maximum Gasteiger partial charge on any atom is 0.516 e. The third kappa shape index (κ3) is 4.38. The van der Waals surface area contributed by atoms with Crippen LogP contribution in [0, 0.1) is 0 Å². The summed E-state index contributed by atoms with van der Waals surface area (Å²) in [4.78, 5) is 4.60. The second kappa shape index (κ2) is 8.16. The first-order valence-electron chi connectivity index (χ1n) is 9.41. The van der Waals surface area contributed by atoms with Gasteiger partial charge in [0.1, 0.15) is 5.75 Å². The number of aromatic nitrogens is 1. The number of ether oxygens (including phenoxy) is 1. The van der Waals surface area contributed by atoms with E-state index in [1.54, 1.807) is 30.0 Å². The first-order valence-corrected chi connectivity index (χ1v) is 10.9. The number of halogens is 3. The summed E-state index contributed by atoms with van der Waals surface area (Å²) in [5.41, 5.74) is -3.20. The van der Waals surface area contributed by atoms with Gasteiger partial charge < -0.3 is 4.74 Å². The smallest absolute Gasteiger partial charge is 0.497 e. The standard InChI is InChI=1S/C23H17F3N2O3S/c1-31-20-10-12-22-17(14-20)6-8-18(27-22)7-5-15-3-2-4-16-13-19(9-11-21(15)16)28-32(29,30)23(24,25)26/h2-14,28H,1H3/b7-5+. The van der Waals surface area contributed by atoms with Crippen molar-refractivity contribution >= 4 is 49.5 Å². The summed E-state index contributed by atoms with van der Waals surface area (Å²) in [5.74, 6) is 0.746. The van der Waals surface area contributed by atoms with E-state index >= 15 is 0 Å². The second-order valence-electron chi connectivity index (χ2n) is 6.96. The molecule has 0 saturated carbocycles. The lowest BCUT2D eigenvalue weighted by atomic mass is 10.0. The number of hydrogen-bond acceptors (Lipinski definition) is 4. The number of hydrogen-bond donors (Lipinski definition) is 1. The van der Waals surface area contributed by atoms with Crippen LogP contribution in [0.4, 0.5) is 18.9 Å². The van der Waals surface area contributed by atoms with Crippen molar-refractivity contribution in [3.05, 3.63) is 78.0 Å². The van der Waals surface area contributed by atoms with Crippen molar-refractivity contribution in [1.82, 2.24) is 4.98 Å². The molecule has 1 aromatic heterocycles. The normalized spacial score (nSPS) is 12.5. The Hall–Kier alpha value is -3.59. The Morgan fingerprint density at radius 1 is 0.938 bits per heavy atom. The molecule has 1 heterocycles. The van der Waals surface area contributed by atoms with Crippen molar-refractivity contribution in [3.8, 4) is 5.75 Å². The van der Waals surface area contributed by atoms with Crippen molar-refractivity contribution in [1.29, 1.82) is 0 Å². The van der Waals surface area contributed by atoms with Crippen LogP contribution < -0.4 is 9.46 Å². The molecule has 0 radical (unpaired) electrons. The molecule has 0 atom stereocenters. The number of rotatable bonds is 5. The zero-order chi connectivity index (χ0) is 22.9. The molecule has 0 aliphatic heterocycles. The lowest BCUT2D eigenvalue weighted by Crippen LogP contribution is -2.29. The average molecular weight is 458 g/mol.